The first-order valence-corrected chi connectivity index (χ1v) is 33.1. The van der Waals surface area contributed by atoms with Gasteiger partial charge in [-0.2, -0.15) is 0 Å². The summed E-state index contributed by atoms with van der Waals surface area (Å²) < 4.78 is 81.5. The number of hydrogen-bond donors (Lipinski definition) is 5. The minimum atomic E-state index is -2.20. The number of fused-ring (bicyclic) bond motifs is 4. The fourth-order valence-electron chi connectivity index (χ4n) is 16.9. The van der Waals surface area contributed by atoms with Gasteiger partial charge < -0.3 is 87.3 Å². The Morgan fingerprint density at radius 1 is 0.720 bits per heavy atom. The molecule has 29 atom stereocenters. The van der Waals surface area contributed by atoms with E-state index >= 15 is 4.79 Å². The predicted molar refractivity (Wildman–Crippen MR) is 325 cm³/mol. The number of rotatable bonds is 14. The zero-order valence-electron chi connectivity index (χ0n) is 55.4. The van der Waals surface area contributed by atoms with Crippen molar-refractivity contribution < 1.29 is 111 Å². The van der Waals surface area contributed by atoms with E-state index in [0.717, 1.165) is 7.11 Å². The Balaban J connectivity index is 0.904. The molecule has 518 valence electrons. The number of aliphatic hydroxyl groups excluding tert-OH is 4. The molecular formula is C67H96N2O24. The highest BCUT2D eigenvalue weighted by atomic mass is 16.8. The molecular weight excluding hydrogens is 1220 g/mol. The number of aliphatic hydroxyl groups is 4. The fourth-order valence-corrected chi connectivity index (χ4v) is 16.9. The van der Waals surface area contributed by atoms with Crippen molar-refractivity contribution in [3.05, 3.63) is 68.5 Å². The highest BCUT2D eigenvalue weighted by Gasteiger charge is 2.65. The second-order valence-electron chi connectivity index (χ2n) is 28.2. The maximum absolute atomic E-state index is 15.6. The van der Waals surface area contributed by atoms with Crippen LogP contribution in [-0.4, -0.2) is 197 Å². The molecule has 1 amide bonds. The van der Waals surface area contributed by atoms with Crippen molar-refractivity contribution in [3.63, 3.8) is 0 Å². The third-order valence-electron chi connectivity index (χ3n) is 21.7. The maximum atomic E-state index is 15.6. The van der Waals surface area contributed by atoms with Gasteiger partial charge in [0.05, 0.1) is 86.6 Å². The number of carbonyl (C=O) groups excluding carboxylic acids is 5. The van der Waals surface area contributed by atoms with Gasteiger partial charge >= 0.3 is 18.0 Å². The van der Waals surface area contributed by atoms with Crippen molar-refractivity contribution in [2.75, 3.05) is 7.11 Å². The summed E-state index contributed by atoms with van der Waals surface area (Å²) in [5.74, 6) is -6.46. The van der Waals surface area contributed by atoms with Crippen molar-refractivity contribution in [3.8, 4) is 0 Å². The van der Waals surface area contributed by atoms with Crippen molar-refractivity contribution in [2.24, 2.45) is 40.9 Å². The normalized spacial score (nSPS) is 48.2. The van der Waals surface area contributed by atoms with E-state index < -0.39 is 210 Å². The van der Waals surface area contributed by atoms with Gasteiger partial charge in [0.2, 0.25) is 11.3 Å². The van der Waals surface area contributed by atoms with Crippen LogP contribution in [0.3, 0.4) is 0 Å². The van der Waals surface area contributed by atoms with Gasteiger partial charge in [-0.05, 0) is 109 Å². The van der Waals surface area contributed by atoms with Crippen molar-refractivity contribution >= 4 is 30.1 Å². The molecule has 1 saturated carbocycles. The number of methoxy groups -OCH3 is 1. The summed E-state index contributed by atoms with van der Waals surface area (Å²) in [4.78, 5) is 80.4. The van der Waals surface area contributed by atoms with Crippen LogP contribution in [0.25, 0.3) is 0 Å². The molecule has 0 radical (unpaired) electrons. The molecule has 2 bridgehead atoms. The smallest absolute Gasteiger partial charge is 0.407 e. The number of Topliss-reactive ketones (excluding diaryl/α,β-unsaturated/α-hetero) is 1. The number of amides is 1. The van der Waals surface area contributed by atoms with Gasteiger partial charge in [-0.1, -0.05) is 50.6 Å². The van der Waals surface area contributed by atoms with Gasteiger partial charge in [0.1, 0.15) is 35.9 Å². The number of ether oxygens (including phenoxy) is 13. The number of nitrogens with zero attached hydrogens (tertiary/aromatic N) is 1. The van der Waals surface area contributed by atoms with Crippen molar-refractivity contribution in [1.29, 1.82) is 0 Å². The quantitative estimate of drug-likeness (QED) is 0.0240. The number of ketones is 1. The SMILES string of the molecule is COC(=O)NC1[C@H](C)O[C@@H](O[C@H]2C/C=C(\C)[C@@H]3C=C[C@@H]4[C@@H](OC5C[C@H](O[C@@H]6CCC(OC7C[C@H](O)[C@@H](OC8CC[C@@H](O)C(C)O8)C(C)O7)[C@H](C)O6)[C@@H](OC(C)=O)C(C)O5)[C@@H](C)C[C@H](C)[C@H]4[C@]3(C)/C(O)=C3\C(=O)O[C@]4(CC(C=O)=CC(O)[C@H]4/C=C\2C)C3=O)CC1(C)[N+](=O)[O-]. The van der Waals surface area contributed by atoms with Gasteiger partial charge in [0, 0.05) is 68.1 Å². The van der Waals surface area contributed by atoms with E-state index in [1.165, 1.54) is 19.9 Å². The largest absolute Gasteiger partial charge is 0.511 e. The molecule has 6 aliphatic heterocycles. The summed E-state index contributed by atoms with van der Waals surface area (Å²) in [6.07, 6.45) is -4.21. The maximum Gasteiger partial charge on any atom is 0.407 e. The van der Waals surface area contributed by atoms with E-state index in [-0.39, 0.29) is 43.1 Å². The number of aldehydes is 1. The van der Waals surface area contributed by atoms with E-state index in [1.54, 1.807) is 33.8 Å². The van der Waals surface area contributed by atoms with Crippen LogP contribution < -0.4 is 5.32 Å². The standard InChI is InChI=1S/C67H96N2O24/c1-30-14-18-47(88-54-28-65(11,69(79)80)60(38(9)86-54)68-64(78)81-13)31(2)23-43-45(73)24-40(29-70)27-67(43)62(76)55(63(77)93-67)61(75)66(12)42(30)16-15-41-56(66)32(3)22-33(4)57(41)92-53-26-49(59(37(8)85-53)87-39(10)71)90-50-21-19-48(35(6)83-50)89-52-25-46(74)58(36(7)84-52)91-51-20-17-44(72)34(5)82-51/h14-16,23-24,29,32-38,41-54,56-60,72-75H,17-22,25-28H2,1-13H3,(H,68,78)/b30-14+,31-23-,61-55+/t32-,33-,34?,35-,36?,37?,38-,41-,42-,43+,44+,45?,46-,47-,48?,49-,50+,51?,52?,53?,54-,56+,57-,58-,59-,60?,65?,66+,67-/m0/s1. The lowest BCUT2D eigenvalue weighted by atomic mass is 9.49. The van der Waals surface area contributed by atoms with Gasteiger partial charge in [-0.25, -0.2) is 9.59 Å². The van der Waals surface area contributed by atoms with Crippen molar-refractivity contribution in [2.45, 2.75) is 281 Å². The Hall–Kier alpha value is -5.07. The Bertz CT molecular complexity index is 2960. The molecule has 6 heterocycles. The van der Waals surface area contributed by atoms with E-state index in [9.17, 15) is 49.7 Å². The molecule has 7 fully saturated rings. The van der Waals surface area contributed by atoms with Gasteiger partial charge in [0.15, 0.2) is 43.2 Å². The molecule has 26 nitrogen and oxygen atoms in total. The molecule has 10 aliphatic rings. The lowest BCUT2D eigenvalue weighted by Gasteiger charge is -2.56. The number of esters is 2. The first kappa shape index (κ1) is 70.7. The van der Waals surface area contributed by atoms with Crippen LogP contribution in [0.15, 0.2) is 58.4 Å². The van der Waals surface area contributed by atoms with E-state index in [4.69, 9.17) is 61.6 Å². The molecule has 1 spiro atoms. The number of alkyl carbamates (subject to hydrolysis) is 1. The van der Waals surface area contributed by atoms with Crippen LogP contribution in [0.2, 0.25) is 0 Å². The summed E-state index contributed by atoms with van der Waals surface area (Å²) in [7, 11) is 1.15. The second kappa shape index (κ2) is 28.2. The average molecular weight is 1310 g/mol. The number of hydrogen-bond acceptors (Lipinski definition) is 24. The number of nitrogens with one attached hydrogen (secondary N) is 1. The molecule has 6 saturated heterocycles. The van der Waals surface area contributed by atoms with Crippen LogP contribution in [0.4, 0.5) is 4.79 Å². The molecule has 0 aromatic heterocycles. The van der Waals surface area contributed by atoms with E-state index in [0.29, 0.717) is 49.5 Å². The zero-order valence-corrected chi connectivity index (χ0v) is 55.4. The Morgan fingerprint density at radius 3 is 2.01 bits per heavy atom. The predicted octanol–water partition coefficient (Wildman–Crippen LogP) is 6.36. The fraction of sp³-hybridized carbons (Fsp3) is 0.776. The topological polar surface area (TPSA) is 341 Å². The highest BCUT2D eigenvalue weighted by Crippen LogP contribution is 2.61. The highest BCUT2D eigenvalue weighted by molar-refractivity contribution is 6.26. The summed E-state index contributed by atoms with van der Waals surface area (Å²) in [6, 6.07) is -1.12. The van der Waals surface area contributed by atoms with E-state index in [1.807, 2.05) is 39.8 Å². The zero-order chi connectivity index (χ0) is 67.5. The van der Waals surface area contributed by atoms with Crippen LogP contribution in [0.1, 0.15) is 147 Å². The number of nitro groups is 1. The van der Waals surface area contributed by atoms with Gasteiger partial charge in [-0.15, -0.1) is 0 Å². The Labute approximate surface area is 542 Å². The first-order valence-electron chi connectivity index (χ1n) is 33.1. The van der Waals surface area contributed by atoms with Gasteiger partial charge in [0.25, 0.3) is 0 Å². The third-order valence-corrected chi connectivity index (χ3v) is 21.7. The molecule has 0 aromatic carbocycles. The number of carbonyl (C=O) groups is 5. The molecule has 5 N–H and O–H groups in total. The monoisotopic (exact) mass is 1310 g/mol. The summed E-state index contributed by atoms with van der Waals surface area (Å²) in [5.41, 5.74) is -4.91. The molecule has 10 unspecified atom stereocenters. The summed E-state index contributed by atoms with van der Waals surface area (Å²) >= 11 is 0. The van der Waals surface area contributed by atoms with Crippen LogP contribution >= 0.6 is 0 Å². The van der Waals surface area contributed by atoms with E-state index in [2.05, 4.69) is 25.2 Å². The molecule has 10 rings (SSSR count). The minimum absolute atomic E-state index is 0.00196. The molecule has 93 heavy (non-hydrogen) atoms. The second-order valence-corrected chi connectivity index (χ2v) is 28.2. The Kier molecular flexibility index (Phi) is 21.4. The lowest BCUT2D eigenvalue weighted by Crippen LogP contribution is -2.65. The summed E-state index contributed by atoms with van der Waals surface area (Å²) in [6.45, 7) is 21.0. The average Bonchev–Trinajstić information content (AvgIpc) is 1.68. The molecule has 26 heteroatoms. The molecule has 0 aromatic rings. The van der Waals surface area contributed by atoms with Crippen LogP contribution in [0, 0.1) is 51.0 Å². The lowest BCUT2D eigenvalue weighted by molar-refractivity contribution is -0.584. The van der Waals surface area contributed by atoms with Gasteiger partial charge in [-0.3, -0.25) is 24.5 Å². The first-order chi connectivity index (χ1) is 43.9. The van der Waals surface area contributed by atoms with Crippen LogP contribution in [-0.2, 0) is 80.8 Å². The summed E-state index contributed by atoms with van der Waals surface area (Å²) in [5, 5.41) is 62.0. The molecule has 4 aliphatic carbocycles. The van der Waals surface area contributed by atoms with Crippen molar-refractivity contribution in [1.82, 2.24) is 5.32 Å². The minimum Gasteiger partial charge on any atom is -0.511 e. The Morgan fingerprint density at radius 2 is 1.35 bits per heavy atom. The number of allylic oxidation sites excluding steroid dienone is 3. The van der Waals surface area contributed by atoms with Crippen LogP contribution in [0.5, 0.6) is 0 Å². The third kappa shape index (κ3) is 14.0.